The molecule has 0 saturated carbocycles. The van der Waals surface area contributed by atoms with Crippen LogP contribution in [-0.4, -0.2) is 25.0 Å². The predicted molar refractivity (Wildman–Crippen MR) is 133 cm³/mol. The molecule has 4 amide bonds. The number of amides is 4. The zero-order chi connectivity index (χ0) is 24.4. The number of nitrogens with zero attached hydrogens (tertiary/aromatic N) is 1. The molecular formula is C25H17Cl3N2O4. The molecule has 0 aliphatic carbocycles. The lowest BCUT2D eigenvalue weighted by atomic mass is 10.0. The molecule has 4 rings (SSSR count). The van der Waals surface area contributed by atoms with Crippen LogP contribution in [0.3, 0.4) is 0 Å². The van der Waals surface area contributed by atoms with E-state index in [2.05, 4.69) is 5.32 Å². The maximum absolute atomic E-state index is 13.1. The Balaban J connectivity index is 1.67. The fourth-order valence-electron chi connectivity index (χ4n) is 3.53. The molecule has 172 valence electrons. The SMILES string of the molecule is COc1cc(/C=C2\C(=O)NC(=O)N(c3ccc(Cl)c(Cl)c3)C2=O)ccc1Cc1ccccc1Cl. The van der Waals surface area contributed by atoms with Gasteiger partial charge in [0.1, 0.15) is 11.3 Å². The normalized spacial score (nSPS) is 15.0. The topological polar surface area (TPSA) is 75.7 Å². The average Bonchev–Trinajstić information content (AvgIpc) is 2.81. The number of ether oxygens (including phenoxy) is 1. The third kappa shape index (κ3) is 4.80. The molecule has 1 aliphatic heterocycles. The maximum atomic E-state index is 13.1. The highest BCUT2D eigenvalue weighted by atomic mass is 35.5. The highest BCUT2D eigenvalue weighted by Gasteiger charge is 2.37. The minimum atomic E-state index is -0.877. The van der Waals surface area contributed by atoms with Gasteiger partial charge in [-0.2, -0.15) is 0 Å². The Morgan fingerprint density at radius 1 is 0.882 bits per heavy atom. The van der Waals surface area contributed by atoms with Crippen molar-refractivity contribution in [3.8, 4) is 5.75 Å². The second-order valence-electron chi connectivity index (χ2n) is 7.40. The molecule has 1 N–H and O–H groups in total. The average molecular weight is 516 g/mol. The third-order valence-electron chi connectivity index (χ3n) is 5.22. The van der Waals surface area contributed by atoms with Gasteiger partial charge in [-0.1, -0.05) is 65.1 Å². The summed E-state index contributed by atoms with van der Waals surface area (Å²) in [6.07, 6.45) is 1.94. The van der Waals surface area contributed by atoms with Crippen LogP contribution in [0.2, 0.25) is 15.1 Å². The van der Waals surface area contributed by atoms with Crippen molar-refractivity contribution in [1.82, 2.24) is 5.32 Å². The molecule has 1 aliphatic rings. The summed E-state index contributed by atoms with van der Waals surface area (Å²) < 4.78 is 5.52. The fraction of sp³-hybridized carbons (Fsp3) is 0.0800. The molecule has 1 saturated heterocycles. The standard InChI is InChI=1S/C25H17Cl3N2O4/c1-34-22-11-14(6-7-16(22)12-15-4-2-3-5-19(15)26)10-18-23(31)29-25(33)30(24(18)32)17-8-9-20(27)21(28)13-17/h2-11,13H,12H2,1H3,(H,29,31,33)/b18-10+. The number of nitrogens with one attached hydrogen (secondary N) is 1. The van der Waals surface area contributed by atoms with Gasteiger partial charge in [0, 0.05) is 11.4 Å². The number of imide groups is 2. The molecule has 0 radical (unpaired) electrons. The van der Waals surface area contributed by atoms with E-state index < -0.39 is 17.8 Å². The van der Waals surface area contributed by atoms with E-state index in [-0.39, 0.29) is 21.3 Å². The highest BCUT2D eigenvalue weighted by Crippen LogP contribution is 2.30. The van der Waals surface area contributed by atoms with Crippen molar-refractivity contribution in [1.29, 1.82) is 0 Å². The van der Waals surface area contributed by atoms with Crippen LogP contribution < -0.4 is 15.0 Å². The Hall–Kier alpha value is -3.32. The first-order valence-electron chi connectivity index (χ1n) is 10.1. The summed E-state index contributed by atoms with van der Waals surface area (Å²) in [7, 11) is 1.53. The van der Waals surface area contributed by atoms with Gasteiger partial charge in [-0.3, -0.25) is 14.9 Å². The van der Waals surface area contributed by atoms with Crippen molar-refractivity contribution in [3.05, 3.63) is 98.0 Å². The lowest BCUT2D eigenvalue weighted by molar-refractivity contribution is -0.122. The van der Waals surface area contributed by atoms with Gasteiger partial charge in [-0.25, -0.2) is 9.69 Å². The Morgan fingerprint density at radius 2 is 1.65 bits per heavy atom. The number of methoxy groups -OCH3 is 1. The summed E-state index contributed by atoms with van der Waals surface area (Å²) in [6.45, 7) is 0. The molecule has 0 unspecified atom stereocenters. The van der Waals surface area contributed by atoms with Gasteiger partial charge in [0.2, 0.25) is 0 Å². The molecule has 1 fully saturated rings. The lowest BCUT2D eigenvalue weighted by Gasteiger charge is -2.26. The highest BCUT2D eigenvalue weighted by molar-refractivity contribution is 6.43. The molecule has 34 heavy (non-hydrogen) atoms. The monoisotopic (exact) mass is 514 g/mol. The number of halogens is 3. The molecule has 9 heteroatoms. The van der Waals surface area contributed by atoms with Crippen LogP contribution in [0.5, 0.6) is 5.75 Å². The first-order chi connectivity index (χ1) is 16.3. The van der Waals surface area contributed by atoms with Gasteiger partial charge >= 0.3 is 6.03 Å². The summed E-state index contributed by atoms with van der Waals surface area (Å²) in [5.41, 5.74) is 2.33. The van der Waals surface area contributed by atoms with Crippen LogP contribution in [0.15, 0.2) is 66.2 Å². The number of barbiturate groups is 1. The van der Waals surface area contributed by atoms with Crippen LogP contribution in [0.4, 0.5) is 10.5 Å². The van der Waals surface area contributed by atoms with Gasteiger partial charge in [0.25, 0.3) is 11.8 Å². The number of anilines is 1. The van der Waals surface area contributed by atoms with E-state index in [1.807, 2.05) is 30.3 Å². The fourth-order valence-corrected chi connectivity index (χ4v) is 4.02. The Bertz CT molecular complexity index is 1350. The zero-order valence-electron chi connectivity index (χ0n) is 17.8. The largest absolute Gasteiger partial charge is 0.496 e. The van der Waals surface area contributed by atoms with E-state index in [0.717, 1.165) is 16.0 Å². The second kappa shape index (κ2) is 9.89. The van der Waals surface area contributed by atoms with E-state index in [1.54, 1.807) is 12.1 Å². The smallest absolute Gasteiger partial charge is 0.335 e. The van der Waals surface area contributed by atoms with E-state index >= 15 is 0 Å². The lowest BCUT2D eigenvalue weighted by Crippen LogP contribution is -2.54. The van der Waals surface area contributed by atoms with E-state index in [4.69, 9.17) is 39.5 Å². The summed E-state index contributed by atoms with van der Waals surface area (Å²) in [5, 5.41) is 3.26. The van der Waals surface area contributed by atoms with E-state index in [1.165, 1.54) is 31.4 Å². The van der Waals surface area contributed by atoms with Gasteiger partial charge in [0.05, 0.1) is 22.8 Å². The number of hydrogen-bond acceptors (Lipinski definition) is 4. The van der Waals surface area contributed by atoms with Crippen molar-refractivity contribution in [2.24, 2.45) is 0 Å². The minimum absolute atomic E-state index is 0.168. The van der Waals surface area contributed by atoms with Crippen LogP contribution in [0.25, 0.3) is 6.08 Å². The van der Waals surface area contributed by atoms with Crippen molar-refractivity contribution in [2.75, 3.05) is 12.0 Å². The Kier molecular flexibility index (Phi) is 6.93. The third-order valence-corrected chi connectivity index (χ3v) is 6.33. The molecule has 0 aromatic heterocycles. The molecule has 0 atom stereocenters. The number of carbonyl (C=O) groups is 3. The van der Waals surface area contributed by atoms with Crippen LogP contribution in [-0.2, 0) is 16.0 Å². The van der Waals surface area contributed by atoms with Gasteiger partial charge in [-0.05, 0) is 53.1 Å². The summed E-state index contributed by atoms with van der Waals surface area (Å²) >= 11 is 18.2. The first kappa shape index (κ1) is 23.8. The number of carbonyl (C=O) groups excluding carboxylic acids is 3. The number of rotatable bonds is 5. The summed E-state index contributed by atoms with van der Waals surface area (Å²) in [6, 6.07) is 16.2. The van der Waals surface area contributed by atoms with Crippen LogP contribution in [0.1, 0.15) is 16.7 Å². The second-order valence-corrected chi connectivity index (χ2v) is 8.62. The summed E-state index contributed by atoms with van der Waals surface area (Å²) in [4.78, 5) is 38.8. The van der Waals surface area contributed by atoms with Gasteiger partial charge in [0.15, 0.2) is 0 Å². The molecule has 3 aromatic carbocycles. The molecule has 3 aromatic rings. The Morgan fingerprint density at radius 3 is 2.35 bits per heavy atom. The van der Waals surface area contributed by atoms with E-state index in [0.29, 0.717) is 22.8 Å². The molecular weight excluding hydrogens is 499 g/mol. The Labute approximate surface area is 210 Å². The van der Waals surface area contributed by atoms with Gasteiger partial charge in [-0.15, -0.1) is 0 Å². The van der Waals surface area contributed by atoms with E-state index in [9.17, 15) is 14.4 Å². The molecule has 0 bridgehead atoms. The van der Waals surface area contributed by atoms with Crippen molar-refractivity contribution < 1.29 is 19.1 Å². The maximum Gasteiger partial charge on any atom is 0.335 e. The predicted octanol–water partition coefficient (Wildman–Crippen LogP) is 5.91. The molecule has 0 spiro atoms. The quantitative estimate of drug-likeness (QED) is 0.338. The number of hydrogen-bond donors (Lipinski definition) is 1. The van der Waals surface area contributed by atoms with Crippen molar-refractivity contribution in [3.63, 3.8) is 0 Å². The minimum Gasteiger partial charge on any atom is -0.496 e. The van der Waals surface area contributed by atoms with Crippen LogP contribution in [0, 0.1) is 0 Å². The zero-order valence-corrected chi connectivity index (χ0v) is 20.0. The molecule has 1 heterocycles. The molecule has 6 nitrogen and oxygen atoms in total. The van der Waals surface area contributed by atoms with Gasteiger partial charge < -0.3 is 4.74 Å². The summed E-state index contributed by atoms with van der Waals surface area (Å²) in [5.74, 6) is -1.02. The first-order valence-corrected chi connectivity index (χ1v) is 11.2. The number of urea groups is 1. The number of benzene rings is 3. The van der Waals surface area contributed by atoms with Crippen molar-refractivity contribution >= 4 is 64.4 Å². The van der Waals surface area contributed by atoms with Crippen molar-refractivity contribution in [2.45, 2.75) is 6.42 Å². The van der Waals surface area contributed by atoms with Crippen LogP contribution >= 0.6 is 34.8 Å².